The minimum atomic E-state index is -0.308. The first-order chi connectivity index (χ1) is 13.2. The van der Waals surface area contributed by atoms with Crippen LogP contribution in [-0.4, -0.2) is 66.7 Å². The number of aliphatic imine (C=N–C) groups is 2. The Morgan fingerprint density at radius 2 is 2.22 bits per heavy atom. The summed E-state index contributed by atoms with van der Waals surface area (Å²) in [5.74, 6) is 1.50. The number of rotatable bonds is 8. The summed E-state index contributed by atoms with van der Waals surface area (Å²) in [5, 5.41) is 6.05. The molecule has 27 heavy (non-hydrogen) atoms. The van der Waals surface area contributed by atoms with E-state index in [4.69, 9.17) is 4.74 Å². The molecule has 1 aromatic rings. The number of aromatic nitrogens is 2. The molecule has 9 nitrogen and oxygen atoms in total. The SMILES string of the molecule is C=N/C=N\C(=C(/C)NC(=O)c1ccnc(NCC2CC2)n1)N1CCOCC1. The summed E-state index contributed by atoms with van der Waals surface area (Å²) in [6.45, 7) is 8.68. The number of morpholine rings is 1. The van der Waals surface area contributed by atoms with Crippen molar-refractivity contribution in [2.75, 3.05) is 38.2 Å². The van der Waals surface area contributed by atoms with E-state index in [9.17, 15) is 4.79 Å². The lowest BCUT2D eigenvalue weighted by Crippen LogP contribution is -2.37. The smallest absolute Gasteiger partial charge is 0.274 e. The van der Waals surface area contributed by atoms with Gasteiger partial charge in [-0.25, -0.2) is 15.0 Å². The van der Waals surface area contributed by atoms with Crippen LogP contribution in [0, 0.1) is 5.92 Å². The van der Waals surface area contributed by atoms with Crippen LogP contribution in [0.15, 0.2) is 33.8 Å². The van der Waals surface area contributed by atoms with Crippen LogP contribution >= 0.6 is 0 Å². The van der Waals surface area contributed by atoms with E-state index in [1.165, 1.54) is 19.2 Å². The summed E-state index contributed by atoms with van der Waals surface area (Å²) in [6, 6.07) is 1.59. The molecule has 1 saturated carbocycles. The molecule has 2 fully saturated rings. The summed E-state index contributed by atoms with van der Waals surface area (Å²) < 4.78 is 5.38. The maximum Gasteiger partial charge on any atom is 0.274 e. The van der Waals surface area contributed by atoms with Crippen LogP contribution in [0.4, 0.5) is 5.95 Å². The van der Waals surface area contributed by atoms with Gasteiger partial charge in [0, 0.05) is 25.8 Å². The van der Waals surface area contributed by atoms with Gasteiger partial charge in [-0.3, -0.25) is 9.79 Å². The predicted octanol–water partition coefficient (Wildman–Crippen LogP) is 1.28. The molecule has 0 radical (unpaired) electrons. The Morgan fingerprint density at radius 3 is 2.93 bits per heavy atom. The second-order valence-corrected chi connectivity index (χ2v) is 6.52. The monoisotopic (exact) mass is 371 g/mol. The Labute approximate surface area is 158 Å². The van der Waals surface area contributed by atoms with Gasteiger partial charge in [0.05, 0.1) is 18.9 Å². The van der Waals surface area contributed by atoms with Gasteiger partial charge in [0.2, 0.25) is 5.95 Å². The van der Waals surface area contributed by atoms with Gasteiger partial charge < -0.3 is 20.3 Å². The number of ether oxygens (including phenoxy) is 1. The van der Waals surface area contributed by atoms with Crippen molar-refractivity contribution in [3.8, 4) is 0 Å². The fraction of sp³-hybridized carbons (Fsp3) is 0.500. The number of nitrogens with one attached hydrogen (secondary N) is 2. The molecule has 0 atom stereocenters. The van der Waals surface area contributed by atoms with Crippen molar-refractivity contribution in [3.63, 3.8) is 0 Å². The first kappa shape index (κ1) is 19.0. The summed E-state index contributed by atoms with van der Waals surface area (Å²) in [4.78, 5) is 31.1. The highest BCUT2D eigenvalue weighted by Gasteiger charge is 2.21. The largest absolute Gasteiger partial charge is 0.378 e. The molecular weight excluding hydrogens is 346 g/mol. The number of carbonyl (C=O) groups is 1. The maximum atomic E-state index is 12.6. The molecule has 0 unspecified atom stereocenters. The van der Waals surface area contributed by atoms with Gasteiger partial charge in [0.15, 0.2) is 0 Å². The van der Waals surface area contributed by atoms with Crippen LogP contribution in [0.3, 0.4) is 0 Å². The molecular formula is C18H25N7O2. The van der Waals surface area contributed by atoms with Gasteiger partial charge >= 0.3 is 0 Å². The summed E-state index contributed by atoms with van der Waals surface area (Å²) in [7, 11) is 0. The minimum absolute atomic E-state index is 0.301. The lowest BCUT2D eigenvalue weighted by atomic mass is 10.3. The summed E-state index contributed by atoms with van der Waals surface area (Å²) in [5.41, 5.74) is 0.919. The van der Waals surface area contributed by atoms with Crippen molar-refractivity contribution in [1.82, 2.24) is 20.2 Å². The molecule has 0 aromatic carbocycles. The van der Waals surface area contributed by atoms with Gasteiger partial charge in [-0.05, 0) is 38.5 Å². The van der Waals surface area contributed by atoms with Crippen LogP contribution < -0.4 is 10.6 Å². The van der Waals surface area contributed by atoms with Crippen molar-refractivity contribution in [3.05, 3.63) is 29.5 Å². The molecule has 2 aliphatic rings. The van der Waals surface area contributed by atoms with Crippen molar-refractivity contribution in [1.29, 1.82) is 0 Å². The molecule has 1 amide bonds. The Hall–Kier alpha value is -2.81. The standard InChI is InChI=1S/C18H25N7O2/c1-13(16(22-12-19-2)25-7-9-27-10-8-25)23-17(26)15-5-6-20-18(24-15)21-11-14-3-4-14/h5-6,12,14H,2-4,7-11H2,1H3,(H,23,26)(H,20,21,24)/b16-13-,22-12-. The van der Waals surface area contributed by atoms with Crippen LogP contribution in [-0.2, 0) is 4.74 Å². The Morgan fingerprint density at radius 1 is 1.44 bits per heavy atom. The predicted molar refractivity (Wildman–Crippen MR) is 104 cm³/mol. The molecule has 1 aromatic heterocycles. The normalized spacial score (nSPS) is 18.2. The van der Waals surface area contributed by atoms with E-state index in [-0.39, 0.29) is 5.91 Å². The zero-order valence-corrected chi connectivity index (χ0v) is 15.5. The first-order valence-electron chi connectivity index (χ1n) is 9.07. The number of allylic oxidation sites excluding steroid dienone is 1. The number of nitrogens with zero attached hydrogens (tertiary/aromatic N) is 5. The number of amides is 1. The summed E-state index contributed by atoms with van der Waals surface area (Å²) in [6.07, 6.45) is 5.42. The van der Waals surface area contributed by atoms with Gasteiger partial charge in [0.1, 0.15) is 17.9 Å². The fourth-order valence-corrected chi connectivity index (χ4v) is 2.70. The molecule has 3 rings (SSSR count). The van der Waals surface area contributed by atoms with Gasteiger partial charge in [0.25, 0.3) is 5.91 Å². The highest BCUT2D eigenvalue weighted by molar-refractivity contribution is 5.93. The lowest BCUT2D eigenvalue weighted by molar-refractivity contribution is 0.0524. The average Bonchev–Trinajstić information content (AvgIpc) is 3.52. The van der Waals surface area contributed by atoms with E-state index < -0.39 is 0 Å². The Kier molecular flexibility index (Phi) is 6.48. The van der Waals surface area contributed by atoms with Crippen LogP contribution in [0.25, 0.3) is 0 Å². The average molecular weight is 371 g/mol. The molecule has 1 saturated heterocycles. The second kappa shape index (κ2) is 9.22. The maximum absolute atomic E-state index is 12.6. The summed E-state index contributed by atoms with van der Waals surface area (Å²) >= 11 is 0. The highest BCUT2D eigenvalue weighted by Crippen LogP contribution is 2.28. The van der Waals surface area contributed by atoms with Gasteiger partial charge in [-0.1, -0.05) is 0 Å². The van der Waals surface area contributed by atoms with Crippen LogP contribution in [0.1, 0.15) is 30.3 Å². The zero-order chi connectivity index (χ0) is 19.1. The highest BCUT2D eigenvalue weighted by atomic mass is 16.5. The van der Waals surface area contributed by atoms with E-state index in [0.29, 0.717) is 55.4 Å². The molecule has 0 bridgehead atoms. The van der Waals surface area contributed by atoms with Crippen molar-refractivity contribution in [2.45, 2.75) is 19.8 Å². The van der Waals surface area contributed by atoms with E-state index >= 15 is 0 Å². The zero-order valence-electron chi connectivity index (χ0n) is 15.5. The molecule has 9 heteroatoms. The van der Waals surface area contributed by atoms with Crippen molar-refractivity contribution in [2.24, 2.45) is 15.9 Å². The lowest BCUT2D eigenvalue weighted by Gasteiger charge is -2.29. The first-order valence-corrected chi connectivity index (χ1v) is 9.07. The van der Waals surface area contributed by atoms with Gasteiger partial charge in [-0.15, -0.1) is 0 Å². The number of hydrogen-bond acceptors (Lipinski definition) is 7. The van der Waals surface area contributed by atoms with E-state index in [1.54, 1.807) is 19.2 Å². The van der Waals surface area contributed by atoms with Crippen molar-refractivity contribution >= 4 is 24.9 Å². The third-order valence-corrected chi connectivity index (χ3v) is 4.34. The molecule has 1 aliphatic carbocycles. The van der Waals surface area contributed by atoms with E-state index in [2.05, 4.69) is 37.3 Å². The second-order valence-electron chi connectivity index (χ2n) is 6.52. The van der Waals surface area contributed by atoms with E-state index in [1.807, 2.05) is 4.90 Å². The number of carbonyl (C=O) groups excluding carboxylic acids is 1. The van der Waals surface area contributed by atoms with Gasteiger partial charge in [-0.2, -0.15) is 0 Å². The molecule has 0 spiro atoms. The third-order valence-electron chi connectivity index (χ3n) is 4.34. The molecule has 2 heterocycles. The van der Waals surface area contributed by atoms with Crippen LogP contribution in [0.2, 0.25) is 0 Å². The van der Waals surface area contributed by atoms with Crippen LogP contribution in [0.5, 0.6) is 0 Å². The van der Waals surface area contributed by atoms with Crippen molar-refractivity contribution < 1.29 is 9.53 Å². The quantitative estimate of drug-likeness (QED) is 0.527. The Balaban J connectivity index is 1.71. The minimum Gasteiger partial charge on any atom is -0.378 e. The molecule has 144 valence electrons. The van der Waals surface area contributed by atoms with E-state index in [0.717, 1.165) is 6.54 Å². The number of hydrogen-bond donors (Lipinski definition) is 2. The topological polar surface area (TPSA) is 104 Å². The Bertz CT molecular complexity index is 737. The third kappa shape index (κ3) is 5.58. The molecule has 1 aliphatic heterocycles. The number of anilines is 1. The fourth-order valence-electron chi connectivity index (χ4n) is 2.70. The molecule has 2 N–H and O–H groups in total.